The van der Waals surface area contributed by atoms with Crippen molar-refractivity contribution in [2.45, 2.75) is 6.92 Å². The van der Waals surface area contributed by atoms with Crippen molar-refractivity contribution >= 4 is 5.97 Å². The molecule has 5 nitrogen and oxygen atoms in total. The van der Waals surface area contributed by atoms with Gasteiger partial charge in [0, 0.05) is 17.2 Å². The van der Waals surface area contributed by atoms with E-state index in [0.717, 1.165) is 6.07 Å². The van der Waals surface area contributed by atoms with Crippen LogP contribution in [0.15, 0.2) is 42.5 Å². The Morgan fingerprint density at radius 1 is 1.12 bits per heavy atom. The number of benzene rings is 2. The van der Waals surface area contributed by atoms with Crippen molar-refractivity contribution < 1.29 is 18.3 Å². The predicted octanol–water partition coefficient (Wildman–Crippen LogP) is 3.59. The Labute approximate surface area is 136 Å². The fraction of sp³-hybridized carbons (Fsp3) is 0.118. The largest absolute Gasteiger partial charge is 0.461 e. The lowest BCUT2D eigenvalue weighted by molar-refractivity contribution is 0.0520. The van der Waals surface area contributed by atoms with Gasteiger partial charge in [0.15, 0.2) is 5.69 Å². The summed E-state index contributed by atoms with van der Waals surface area (Å²) in [6.07, 6.45) is 0. The molecule has 0 radical (unpaired) electrons. The van der Waals surface area contributed by atoms with Gasteiger partial charge in [0.25, 0.3) is 0 Å². The number of nitrogens with zero attached hydrogens (tertiary/aromatic N) is 2. The summed E-state index contributed by atoms with van der Waals surface area (Å²) in [6, 6.07) is 10.1. The highest BCUT2D eigenvalue weighted by Crippen LogP contribution is 2.28. The highest BCUT2D eigenvalue weighted by Gasteiger charge is 2.19. The number of esters is 1. The molecular formula is C17H13F2N3O2. The molecule has 0 unspecified atom stereocenters. The van der Waals surface area contributed by atoms with Crippen molar-refractivity contribution in [1.29, 1.82) is 0 Å². The van der Waals surface area contributed by atoms with Crippen LogP contribution in [-0.2, 0) is 4.74 Å². The molecule has 0 aliphatic heterocycles. The molecule has 3 rings (SSSR count). The fourth-order valence-electron chi connectivity index (χ4n) is 2.33. The smallest absolute Gasteiger partial charge is 0.361 e. The van der Waals surface area contributed by atoms with Gasteiger partial charge >= 0.3 is 5.97 Å². The van der Waals surface area contributed by atoms with Gasteiger partial charge in [-0.2, -0.15) is 10.3 Å². The monoisotopic (exact) mass is 329 g/mol. The number of nitrogens with one attached hydrogen (secondary N) is 1. The molecule has 122 valence electrons. The van der Waals surface area contributed by atoms with Crippen LogP contribution in [0.2, 0.25) is 0 Å². The van der Waals surface area contributed by atoms with Crippen LogP contribution in [0.25, 0.3) is 22.4 Å². The van der Waals surface area contributed by atoms with Gasteiger partial charge in [0.05, 0.1) is 6.61 Å². The lowest BCUT2D eigenvalue weighted by Crippen LogP contribution is -2.06. The van der Waals surface area contributed by atoms with Gasteiger partial charge in [0.2, 0.25) is 0 Å². The van der Waals surface area contributed by atoms with E-state index in [4.69, 9.17) is 4.74 Å². The Balaban J connectivity index is 2.03. The van der Waals surface area contributed by atoms with Gasteiger partial charge in [-0.3, -0.25) is 0 Å². The summed E-state index contributed by atoms with van der Waals surface area (Å²) in [4.78, 5) is 11.9. The van der Waals surface area contributed by atoms with E-state index in [1.807, 2.05) is 0 Å². The van der Waals surface area contributed by atoms with E-state index in [9.17, 15) is 13.6 Å². The Morgan fingerprint density at radius 2 is 1.92 bits per heavy atom. The molecule has 0 spiro atoms. The molecule has 0 aliphatic rings. The summed E-state index contributed by atoms with van der Waals surface area (Å²) >= 11 is 0. The van der Waals surface area contributed by atoms with E-state index in [1.165, 1.54) is 12.1 Å². The van der Waals surface area contributed by atoms with E-state index in [-0.39, 0.29) is 17.9 Å². The maximum atomic E-state index is 14.0. The Morgan fingerprint density at radius 3 is 2.67 bits per heavy atom. The van der Waals surface area contributed by atoms with Gasteiger partial charge in [-0.1, -0.05) is 18.2 Å². The van der Waals surface area contributed by atoms with E-state index >= 15 is 0 Å². The molecule has 0 saturated carbocycles. The molecule has 24 heavy (non-hydrogen) atoms. The molecule has 0 aliphatic carbocycles. The molecule has 0 atom stereocenters. The van der Waals surface area contributed by atoms with E-state index in [1.54, 1.807) is 31.2 Å². The molecule has 0 fully saturated rings. The van der Waals surface area contributed by atoms with Crippen molar-refractivity contribution in [3.05, 3.63) is 59.8 Å². The lowest BCUT2D eigenvalue weighted by Gasteiger charge is -2.06. The molecule has 0 bridgehead atoms. The number of ether oxygens (including phenoxy) is 1. The number of aromatic nitrogens is 3. The van der Waals surface area contributed by atoms with Crippen LogP contribution in [0, 0.1) is 11.6 Å². The number of hydrogen-bond acceptors (Lipinski definition) is 4. The zero-order valence-electron chi connectivity index (χ0n) is 12.7. The van der Waals surface area contributed by atoms with Crippen molar-refractivity contribution in [1.82, 2.24) is 15.4 Å². The maximum absolute atomic E-state index is 14.0. The zero-order valence-corrected chi connectivity index (χ0v) is 12.7. The highest BCUT2D eigenvalue weighted by molar-refractivity contribution is 5.94. The number of carbonyl (C=O) groups is 1. The number of halogens is 2. The summed E-state index contributed by atoms with van der Waals surface area (Å²) in [5, 5.41) is 10.2. The van der Waals surface area contributed by atoms with Crippen LogP contribution in [0.1, 0.15) is 17.4 Å². The van der Waals surface area contributed by atoms with Crippen molar-refractivity contribution in [2.24, 2.45) is 0 Å². The van der Waals surface area contributed by atoms with E-state index in [0.29, 0.717) is 16.8 Å². The third-order valence-electron chi connectivity index (χ3n) is 3.39. The molecule has 3 aromatic rings. The van der Waals surface area contributed by atoms with Gasteiger partial charge in [-0.15, -0.1) is 5.10 Å². The van der Waals surface area contributed by atoms with E-state index < -0.39 is 17.6 Å². The standard InChI is InChI=1S/C17H13F2N3O2/c1-2-24-17(23)16-15(20-22-21-16)11-5-3-4-10(8-11)13-7-6-12(18)9-14(13)19/h3-9H,2H2,1H3,(H,20,21,22). The Kier molecular flexibility index (Phi) is 4.33. The van der Waals surface area contributed by atoms with Gasteiger partial charge in [-0.25, -0.2) is 13.6 Å². The van der Waals surface area contributed by atoms with Crippen LogP contribution in [0.4, 0.5) is 8.78 Å². The predicted molar refractivity (Wildman–Crippen MR) is 83.1 cm³/mol. The number of hydrogen-bond donors (Lipinski definition) is 1. The first-order valence-corrected chi connectivity index (χ1v) is 7.24. The first-order chi connectivity index (χ1) is 11.6. The zero-order chi connectivity index (χ0) is 17.1. The molecule has 7 heteroatoms. The highest BCUT2D eigenvalue weighted by atomic mass is 19.1. The molecule has 0 amide bonds. The molecular weight excluding hydrogens is 316 g/mol. The minimum atomic E-state index is -0.669. The summed E-state index contributed by atoms with van der Waals surface area (Å²) in [5.74, 6) is -1.91. The van der Waals surface area contributed by atoms with Crippen LogP contribution >= 0.6 is 0 Å². The molecule has 2 aromatic carbocycles. The topological polar surface area (TPSA) is 67.9 Å². The first kappa shape index (κ1) is 15.8. The van der Waals surface area contributed by atoms with Gasteiger partial charge in [0.1, 0.15) is 17.3 Å². The molecule has 0 saturated heterocycles. The third-order valence-corrected chi connectivity index (χ3v) is 3.39. The Bertz CT molecular complexity index is 893. The van der Waals surface area contributed by atoms with E-state index in [2.05, 4.69) is 15.4 Å². The SMILES string of the molecule is CCOC(=O)c1n[nH]nc1-c1cccc(-c2ccc(F)cc2F)c1. The Hall–Kier alpha value is -3.09. The van der Waals surface area contributed by atoms with Crippen LogP contribution in [0.3, 0.4) is 0 Å². The molecule has 1 aromatic heterocycles. The van der Waals surface area contributed by atoms with Crippen molar-refractivity contribution in [3.63, 3.8) is 0 Å². The molecule has 1 N–H and O–H groups in total. The number of carbonyl (C=O) groups excluding carboxylic acids is 1. The minimum absolute atomic E-state index is 0.0496. The van der Waals surface area contributed by atoms with Crippen LogP contribution < -0.4 is 0 Å². The summed E-state index contributed by atoms with van der Waals surface area (Å²) in [7, 11) is 0. The second kappa shape index (κ2) is 6.57. The van der Waals surface area contributed by atoms with Crippen LogP contribution in [0.5, 0.6) is 0 Å². The summed E-state index contributed by atoms with van der Waals surface area (Å²) in [5.41, 5.74) is 1.70. The first-order valence-electron chi connectivity index (χ1n) is 7.24. The van der Waals surface area contributed by atoms with Crippen LogP contribution in [-0.4, -0.2) is 28.0 Å². The second-order valence-electron chi connectivity index (χ2n) is 4.95. The van der Waals surface area contributed by atoms with Gasteiger partial charge in [-0.05, 0) is 30.7 Å². The van der Waals surface area contributed by atoms with Crippen molar-refractivity contribution in [2.75, 3.05) is 6.61 Å². The number of H-pyrrole nitrogens is 1. The summed E-state index contributed by atoms with van der Waals surface area (Å²) < 4.78 is 32.0. The van der Waals surface area contributed by atoms with Crippen molar-refractivity contribution in [3.8, 4) is 22.4 Å². The average Bonchev–Trinajstić information content (AvgIpc) is 3.05. The fourth-order valence-corrected chi connectivity index (χ4v) is 2.33. The minimum Gasteiger partial charge on any atom is -0.461 e. The quantitative estimate of drug-likeness (QED) is 0.743. The normalized spacial score (nSPS) is 10.6. The maximum Gasteiger partial charge on any atom is 0.361 e. The molecule has 1 heterocycles. The average molecular weight is 329 g/mol. The number of aromatic amines is 1. The third kappa shape index (κ3) is 3.01. The number of rotatable bonds is 4. The van der Waals surface area contributed by atoms with Gasteiger partial charge < -0.3 is 4.74 Å². The second-order valence-corrected chi connectivity index (χ2v) is 4.95. The lowest BCUT2D eigenvalue weighted by atomic mass is 10.0. The summed E-state index contributed by atoms with van der Waals surface area (Å²) in [6.45, 7) is 1.90.